The van der Waals surface area contributed by atoms with Crippen molar-refractivity contribution < 1.29 is 9.53 Å². The molecule has 5 heterocycles. The van der Waals surface area contributed by atoms with Crippen LogP contribution in [0.1, 0.15) is 61.5 Å². The van der Waals surface area contributed by atoms with Gasteiger partial charge in [-0.05, 0) is 87.9 Å². The van der Waals surface area contributed by atoms with Gasteiger partial charge < -0.3 is 30.9 Å². The van der Waals surface area contributed by atoms with Crippen molar-refractivity contribution in [2.75, 3.05) is 75.1 Å². The van der Waals surface area contributed by atoms with E-state index in [1.165, 1.54) is 37.2 Å². The van der Waals surface area contributed by atoms with Gasteiger partial charge in [0.15, 0.2) is 17.3 Å². The molecule has 7 rings (SSSR count). The summed E-state index contributed by atoms with van der Waals surface area (Å²) in [6.07, 6.45) is 11.1. The monoisotopic (exact) mass is 639 g/mol. The zero-order valence-corrected chi connectivity index (χ0v) is 27.9. The van der Waals surface area contributed by atoms with Gasteiger partial charge in [0.2, 0.25) is 0 Å². The van der Waals surface area contributed by atoms with Crippen molar-refractivity contribution in [3.05, 3.63) is 54.0 Å². The molecule has 0 unspecified atom stereocenters. The average Bonchev–Trinajstić information content (AvgIpc) is 3.09. The quantitative estimate of drug-likeness (QED) is 0.308. The lowest BCUT2D eigenvalue weighted by Crippen LogP contribution is -2.52. The first kappa shape index (κ1) is 31.8. The van der Waals surface area contributed by atoms with E-state index in [0.717, 1.165) is 82.7 Å². The van der Waals surface area contributed by atoms with Crippen LogP contribution in [0.4, 0.5) is 23.0 Å². The summed E-state index contributed by atoms with van der Waals surface area (Å²) in [4.78, 5) is 34.4. The maximum Gasteiger partial charge on any atom is 0.271 e. The number of piperazine rings is 1. The predicted molar refractivity (Wildman–Crippen MR) is 186 cm³/mol. The van der Waals surface area contributed by atoms with Crippen molar-refractivity contribution >= 4 is 28.9 Å². The van der Waals surface area contributed by atoms with E-state index in [1.54, 1.807) is 12.4 Å². The zero-order chi connectivity index (χ0) is 32.4. The number of aryl methyl sites for hydroxylation is 1. The summed E-state index contributed by atoms with van der Waals surface area (Å²) in [5, 5.41) is 7.12. The minimum Gasteiger partial charge on any atom is -0.380 e. The first-order valence-electron chi connectivity index (χ1n) is 17.4. The molecule has 250 valence electrons. The molecular weight excluding hydrogens is 590 g/mol. The molecule has 4 fully saturated rings. The summed E-state index contributed by atoms with van der Waals surface area (Å²) in [5.41, 5.74) is 11.2. The highest BCUT2D eigenvalue weighted by Crippen LogP contribution is 2.43. The molecule has 1 aliphatic carbocycles. The molecule has 3 saturated heterocycles. The van der Waals surface area contributed by atoms with Crippen LogP contribution in [0.15, 0.2) is 42.7 Å². The molecule has 11 nitrogen and oxygen atoms in total. The minimum absolute atomic E-state index is 0.115. The summed E-state index contributed by atoms with van der Waals surface area (Å²) < 4.78 is 5.54. The van der Waals surface area contributed by atoms with Gasteiger partial charge in [-0.2, -0.15) is 0 Å². The Hall–Kier alpha value is -3.80. The second kappa shape index (κ2) is 13.7. The smallest absolute Gasteiger partial charge is 0.271 e. The minimum atomic E-state index is -0.623. The number of hydrogen-bond donors (Lipinski definition) is 3. The number of piperidine rings is 1. The molecule has 0 bridgehead atoms. The van der Waals surface area contributed by atoms with Crippen LogP contribution in [-0.4, -0.2) is 102 Å². The van der Waals surface area contributed by atoms with Crippen molar-refractivity contribution in [2.24, 2.45) is 11.1 Å². The number of nitrogens with zero attached hydrogens (tertiary/aromatic N) is 6. The van der Waals surface area contributed by atoms with E-state index in [1.807, 2.05) is 12.1 Å². The lowest BCUT2D eigenvalue weighted by atomic mass is 9.71. The molecule has 0 atom stereocenters. The molecular formula is C36H49N9O2. The number of pyridine rings is 1. The van der Waals surface area contributed by atoms with Gasteiger partial charge in [-0.15, -0.1) is 0 Å². The number of amides is 1. The lowest BCUT2D eigenvalue weighted by molar-refractivity contribution is -0.131. The summed E-state index contributed by atoms with van der Waals surface area (Å²) in [7, 11) is 2.22. The number of ether oxygens (including phenoxy) is 1. The van der Waals surface area contributed by atoms with Crippen molar-refractivity contribution in [3.63, 3.8) is 0 Å². The fourth-order valence-corrected chi connectivity index (χ4v) is 7.80. The Kier molecular flexibility index (Phi) is 9.29. The number of aromatic nitrogens is 3. The number of rotatable bonds is 9. The first-order valence-corrected chi connectivity index (χ1v) is 17.4. The third-order valence-corrected chi connectivity index (χ3v) is 10.9. The molecule has 1 amide bonds. The molecule has 11 heteroatoms. The number of hydrogen-bond acceptors (Lipinski definition) is 10. The molecule has 1 aromatic carbocycles. The van der Waals surface area contributed by atoms with E-state index in [2.05, 4.69) is 62.5 Å². The Labute approximate surface area is 278 Å². The number of likely N-dealkylation sites (N-methyl/N-ethyl adjacent to an activating group) is 1. The maximum atomic E-state index is 12.8. The van der Waals surface area contributed by atoms with E-state index in [-0.39, 0.29) is 11.7 Å². The Morgan fingerprint density at radius 1 is 0.957 bits per heavy atom. The fourth-order valence-electron chi connectivity index (χ4n) is 7.80. The highest BCUT2D eigenvalue weighted by atomic mass is 16.5. The van der Waals surface area contributed by atoms with Gasteiger partial charge in [0.05, 0.1) is 13.2 Å². The van der Waals surface area contributed by atoms with Crippen molar-refractivity contribution in [1.29, 1.82) is 0 Å². The summed E-state index contributed by atoms with van der Waals surface area (Å²) in [6.45, 7) is 10.8. The van der Waals surface area contributed by atoms with Crippen LogP contribution in [0.5, 0.6) is 0 Å². The number of carbonyl (C=O) groups is 1. The summed E-state index contributed by atoms with van der Waals surface area (Å²) in [5.74, 6) is 0.382. The van der Waals surface area contributed by atoms with Crippen LogP contribution < -0.4 is 21.3 Å². The normalized spacial score (nSPS) is 21.0. The Balaban J connectivity index is 1.11. The van der Waals surface area contributed by atoms with Crippen molar-refractivity contribution in [2.45, 2.75) is 64.0 Å². The molecule has 2 aromatic heterocycles. The van der Waals surface area contributed by atoms with Gasteiger partial charge in [0.1, 0.15) is 5.69 Å². The maximum absolute atomic E-state index is 12.8. The van der Waals surface area contributed by atoms with E-state index < -0.39 is 5.91 Å². The molecule has 47 heavy (non-hydrogen) atoms. The van der Waals surface area contributed by atoms with Gasteiger partial charge in [-0.1, -0.05) is 6.92 Å². The number of nitrogens with two attached hydrogens (primary N) is 1. The standard InChI is InChI=1S/C36H49N9O2/c1-3-25-22-28(4-5-30(25)45-16-10-29(11-17-45)44-20-18-43(2)19-21-44)40-35-32(33(37)46)41-31(26-8-14-38-15-9-26)34(42-35)39-27-6-12-36(13-7-27)23-47-24-36/h4-5,8-9,14-15,22,27,29H,3,6-7,10-13,16-21,23-24H2,1-2H3,(H2,37,46)(H2,39,40,42). The van der Waals surface area contributed by atoms with Crippen molar-refractivity contribution in [1.82, 2.24) is 24.8 Å². The van der Waals surface area contributed by atoms with Gasteiger partial charge in [0, 0.05) is 86.1 Å². The predicted octanol–water partition coefficient (Wildman–Crippen LogP) is 4.53. The SMILES string of the molecule is CCc1cc(Nc2nc(NC3CCC4(CC3)COC4)c(-c3ccncc3)nc2C(N)=O)ccc1N1CCC(N2CCN(C)CC2)CC1. The second-order valence-corrected chi connectivity index (χ2v) is 14.0. The molecule has 3 aliphatic heterocycles. The highest BCUT2D eigenvalue weighted by molar-refractivity contribution is 5.97. The van der Waals surface area contributed by atoms with Gasteiger partial charge in [-0.25, -0.2) is 9.97 Å². The lowest BCUT2D eigenvalue weighted by Gasteiger charge is -2.46. The van der Waals surface area contributed by atoms with Gasteiger partial charge in [-0.3, -0.25) is 14.7 Å². The van der Waals surface area contributed by atoms with Crippen LogP contribution in [0.25, 0.3) is 11.3 Å². The van der Waals surface area contributed by atoms with E-state index in [9.17, 15) is 4.79 Å². The first-order chi connectivity index (χ1) is 22.9. The van der Waals surface area contributed by atoms with Crippen molar-refractivity contribution in [3.8, 4) is 11.3 Å². The number of nitrogens with one attached hydrogen (secondary N) is 2. The number of anilines is 4. The van der Waals surface area contributed by atoms with Gasteiger partial charge >= 0.3 is 0 Å². The highest BCUT2D eigenvalue weighted by Gasteiger charge is 2.41. The topological polar surface area (TPSA) is 125 Å². The molecule has 0 radical (unpaired) electrons. The molecule has 3 aromatic rings. The van der Waals surface area contributed by atoms with Crippen LogP contribution in [0.3, 0.4) is 0 Å². The van der Waals surface area contributed by atoms with Crippen LogP contribution in [0.2, 0.25) is 0 Å². The molecule has 4 N–H and O–H groups in total. The largest absolute Gasteiger partial charge is 0.380 e. The summed E-state index contributed by atoms with van der Waals surface area (Å²) in [6, 6.07) is 11.2. The number of primary amides is 1. The van der Waals surface area contributed by atoms with Gasteiger partial charge in [0.25, 0.3) is 5.91 Å². The van der Waals surface area contributed by atoms with Crippen LogP contribution in [-0.2, 0) is 11.2 Å². The molecule has 1 saturated carbocycles. The van der Waals surface area contributed by atoms with Crippen LogP contribution in [0, 0.1) is 5.41 Å². The third kappa shape index (κ3) is 6.93. The second-order valence-electron chi connectivity index (χ2n) is 14.0. The molecule has 1 spiro atoms. The Morgan fingerprint density at radius 2 is 1.68 bits per heavy atom. The fraction of sp³-hybridized carbons (Fsp3) is 0.556. The Bertz CT molecular complexity index is 1540. The molecule has 4 aliphatic rings. The average molecular weight is 640 g/mol. The third-order valence-electron chi connectivity index (χ3n) is 10.9. The zero-order valence-electron chi connectivity index (χ0n) is 27.9. The number of carbonyl (C=O) groups excluding carboxylic acids is 1. The van der Waals surface area contributed by atoms with E-state index in [4.69, 9.17) is 20.4 Å². The van der Waals surface area contributed by atoms with Crippen LogP contribution >= 0.6 is 0 Å². The number of benzene rings is 1. The Morgan fingerprint density at radius 3 is 2.32 bits per heavy atom. The van der Waals surface area contributed by atoms with E-state index in [0.29, 0.717) is 28.8 Å². The van der Waals surface area contributed by atoms with E-state index >= 15 is 0 Å². The summed E-state index contributed by atoms with van der Waals surface area (Å²) >= 11 is 0.